The normalized spacial score (nSPS) is 16.7. The first-order valence-corrected chi connectivity index (χ1v) is 7.68. The second-order valence-electron chi connectivity index (χ2n) is 5.23. The SMILES string of the molecule is CCOc1ccccc1N1CCN(C(=O)[C@@H](N)CC)CC1. The van der Waals surface area contributed by atoms with Crippen LogP contribution in [0.15, 0.2) is 24.3 Å². The van der Waals surface area contributed by atoms with Crippen LogP contribution in [0.25, 0.3) is 0 Å². The number of rotatable bonds is 5. The molecule has 0 aliphatic carbocycles. The van der Waals surface area contributed by atoms with Crippen molar-refractivity contribution in [2.75, 3.05) is 37.7 Å². The third kappa shape index (κ3) is 3.67. The van der Waals surface area contributed by atoms with Crippen molar-refractivity contribution < 1.29 is 9.53 Å². The van der Waals surface area contributed by atoms with Crippen molar-refractivity contribution in [2.24, 2.45) is 5.73 Å². The van der Waals surface area contributed by atoms with E-state index in [0.29, 0.717) is 26.1 Å². The van der Waals surface area contributed by atoms with E-state index in [1.807, 2.05) is 36.9 Å². The maximum atomic E-state index is 12.1. The maximum Gasteiger partial charge on any atom is 0.239 e. The molecule has 5 heteroatoms. The topological polar surface area (TPSA) is 58.8 Å². The van der Waals surface area contributed by atoms with Gasteiger partial charge in [-0.3, -0.25) is 4.79 Å². The van der Waals surface area contributed by atoms with Crippen LogP contribution < -0.4 is 15.4 Å². The number of hydrogen-bond donors (Lipinski definition) is 1. The monoisotopic (exact) mass is 291 g/mol. The van der Waals surface area contributed by atoms with Crippen LogP contribution in [0.5, 0.6) is 5.75 Å². The average molecular weight is 291 g/mol. The van der Waals surface area contributed by atoms with E-state index < -0.39 is 0 Å². The van der Waals surface area contributed by atoms with Crippen molar-refractivity contribution in [3.05, 3.63) is 24.3 Å². The van der Waals surface area contributed by atoms with Crippen molar-refractivity contribution in [2.45, 2.75) is 26.3 Å². The van der Waals surface area contributed by atoms with Gasteiger partial charge in [0.2, 0.25) is 5.91 Å². The number of nitrogens with two attached hydrogens (primary N) is 1. The van der Waals surface area contributed by atoms with Crippen LogP contribution in [-0.4, -0.2) is 49.6 Å². The van der Waals surface area contributed by atoms with Crippen molar-refractivity contribution in [1.82, 2.24) is 4.90 Å². The van der Waals surface area contributed by atoms with Crippen LogP contribution in [0.3, 0.4) is 0 Å². The molecule has 0 spiro atoms. The van der Waals surface area contributed by atoms with Gasteiger partial charge in [-0.15, -0.1) is 0 Å². The van der Waals surface area contributed by atoms with E-state index in [9.17, 15) is 4.79 Å². The van der Waals surface area contributed by atoms with Crippen molar-refractivity contribution in [3.8, 4) is 5.75 Å². The first-order valence-electron chi connectivity index (χ1n) is 7.68. The summed E-state index contributed by atoms with van der Waals surface area (Å²) >= 11 is 0. The van der Waals surface area contributed by atoms with E-state index in [2.05, 4.69) is 11.0 Å². The Labute approximate surface area is 126 Å². The highest BCUT2D eigenvalue weighted by Crippen LogP contribution is 2.28. The Morgan fingerprint density at radius 3 is 2.52 bits per heavy atom. The van der Waals surface area contributed by atoms with Gasteiger partial charge in [0.05, 0.1) is 18.3 Å². The molecule has 0 radical (unpaired) electrons. The summed E-state index contributed by atoms with van der Waals surface area (Å²) in [6.45, 7) is 7.63. The first kappa shape index (κ1) is 15.6. The fourth-order valence-corrected chi connectivity index (χ4v) is 2.57. The Morgan fingerprint density at radius 1 is 1.24 bits per heavy atom. The lowest BCUT2D eigenvalue weighted by molar-refractivity contribution is -0.132. The summed E-state index contributed by atoms with van der Waals surface area (Å²) in [5.74, 6) is 0.972. The molecule has 2 N–H and O–H groups in total. The van der Waals surface area contributed by atoms with Gasteiger partial charge in [-0.1, -0.05) is 19.1 Å². The summed E-state index contributed by atoms with van der Waals surface area (Å²) in [7, 11) is 0. The molecule has 1 aliphatic rings. The van der Waals surface area contributed by atoms with Gasteiger partial charge in [0.15, 0.2) is 0 Å². The molecule has 1 saturated heterocycles. The third-order valence-electron chi connectivity index (χ3n) is 3.85. The standard InChI is InChI=1S/C16H25N3O2/c1-3-13(17)16(20)19-11-9-18(10-12-19)14-7-5-6-8-15(14)21-4-2/h5-8,13H,3-4,9-12,17H2,1-2H3/t13-/m0/s1. The molecule has 1 atom stereocenters. The molecule has 2 rings (SSSR count). The van der Waals surface area contributed by atoms with Crippen LogP contribution in [0.1, 0.15) is 20.3 Å². The van der Waals surface area contributed by atoms with Gasteiger partial charge in [-0.25, -0.2) is 0 Å². The number of carbonyl (C=O) groups excluding carboxylic acids is 1. The third-order valence-corrected chi connectivity index (χ3v) is 3.85. The fourth-order valence-electron chi connectivity index (χ4n) is 2.57. The quantitative estimate of drug-likeness (QED) is 0.892. The Bertz CT molecular complexity index is 470. The van der Waals surface area contributed by atoms with Gasteiger partial charge in [0, 0.05) is 26.2 Å². The fraction of sp³-hybridized carbons (Fsp3) is 0.562. The molecular weight excluding hydrogens is 266 g/mol. The van der Waals surface area contributed by atoms with E-state index in [1.54, 1.807) is 0 Å². The minimum atomic E-state index is -0.368. The second-order valence-corrected chi connectivity index (χ2v) is 5.23. The van der Waals surface area contributed by atoms with Gasteiger partial charge >= 0.3 is 0 Å². The summed E-state index contributed by atoms with van der Waals surface area (Å²) in [5, 5.41) is 0. The number of amides is 1. The summed E-state index contributed by atoms with van der Waals surface area (Å²) in [4.78, 5) is 16.2. The molecule has 21 heavy (non-hydrogen) atoms. The summed E-state index contributed by atoms with van der Waals surface area (Å²) in [6.07, 6.45) is 0.687. The molecule has 0 aromatic heterocycles. The minimum Gasteiger partial charge on any atom is -0.492 e. The van der Waals surface area contributed by atoms with Crippen LogP contribution in [0, 0.1) is 0 Å². The Balaban J connectivity index is 1.99. The average Bonchev–Trinajstić information content (AvgIpc) is 2.54. The van der Waals surface area contributed by atoms with E-state index >= 15 is 0 Å². The highest BCUT2D eigenvalue weighted by molar-refractivity contribution is 5.81. The minimum absolute atomic E-state index is 0.0650. The number of ether oxygens (including phenoxy) is 1. The van der Waals surface area contributed by atoms with E-state index in [1.165, 1.54) is 0 Å². The molecule has 5 nitrogen and oxygen atoms in total. The molecule has 0 saturated carbocycles. The summed E-state index contributed by atoms with van der Waals surface area (Å²) in [5.41, 5.74) is 6.93. The van der Waals surface area contributed by atoms with Crippen molar-refractivity contribution in [3.63, 3.8) is 0 Å². The number of carbonyl (C=O) groups is 1. The molecule has 116 valence electrons. The predicted molar refractivity (Wildman–Crippen MR) is 84.7 cm³/mol. The predicted octanol–water partition coefficient (Wildman–Crippen LogP) is 1.47. The highest BCUT2D eigenvalue weighted by atomic mass is 16.5. The number of hydrogen-bond acceptors (Lipinski definition) is 4. The molecular formula is C16H25N3O2. The van der Waals surface area contributed by atoms with E-state index in [-0.39, 0.29) is 11.9 Å². The number of nitrogens with zero attached hydrogens (tertiary/aromatic N) is 2. The van der Waals surface area contributed by atoms with Gasteiger partial charge in [0.1, 0.15) is 5.75 Å². The van der Waals surface area contributed by atoms with Crippen LogP contribution in [0.2, 0.25) is 0 Å². The molecule has 0 unspecified atom stereocenters. The Hall–Kier alpha value is -1.75. The van der Waals surface area contributed by atoms with Crippen LogP contribution >= 0.6 is 0 Å². The molecule has 1 aromatic rings. The second kappa shape index (κ2) is 7.31. The number of para-hydroxylation sites is 2. The van der Waals surface area contributed by atoms with Crippen molar-refractivity contribution in [1.29, 1.82) is 0 Å². The maximum absolute atomic E-state index is 12.1. The van der Waals surface area contributed by atoms with Gasteiger partial charge in [-0.2, -0.15) is 0 Å². The van der Waals surface area contributed by atoms with Gasteiger partial charge in [-0.05, 0) is 25.5 Å². The first-order chi connectivity index (χ1) is 10.2. The van der Waals surface area contributed by atoms with Crippen LogP contribution in [0.4, 0.5) is 5.69 Å². The molecule has 1 fully saturated rings. The smallest absolute Gasteiger partial charge is 0.239 e. The molecule has 0 bridgehead atoms. The van der Waals surface area contributed by atoms with Gasteiger partial charge in [0.25, 0.3) is 0 Å². The number of benzene rings is 1. The lowest BCUT2D eigenvalue weighted by atomic mass is 10.2. The Kier molecular flexibility index (Phi) is 5.44. The number of piperazine rings is 1. The summed E-state index contributed by atoms with van der Waals surface area (Å²) in [6, 6.07) is 7.69. The van der Waals surface area contributed by atoms with Gasteiger partial charge < -0.3 is 20.3 Å². The lowest BCUT2D eigenvalue weighted by Crippen LogP contribution is -2.53. The summed E-state index contributed by atoms with van der Waals surface area (Å²) < 4.78 is 5.68. The van der Waals surface area contributed by atoms with E-state index in [0.717, 1.165) is 24.5 Å². The Morgan fingerprint density at radius 2 is 1.90 bits per heavy atom. The van der Waals surface area contributed by atoms with E-state index in [4.69, 9.17) is 10.5 Å². The highest BCUT2D eigenvalue weighted by Gasteiger charge is 2.25. The van der Waals surface area contributed by atoms with Crippen LogP contribution in [-0.2, 0) is 4.79 Å². The molecule has 1 aliphatic heterocycles. The number of anilines is 1. The lowest BCUT2D eigenvalue weighted by Gasteiger charge is -2.37. The zero-order chi connectivity index (χ0) is 15.2. The molecule has 1 amide bonds. The zero-order valence-electron chi connectivity index (χ0n) is 12.9. The molecule has 1 aromatic carbocycles. The van der Waals surface area contributed by atoms with Crippen molar-refractivity contribution >= 4 is 11.6 Å². The largest absolute Gasteiger partial charge is 0.492 e. The molecule has 1 heterocycles. The zero-order valence-corrected chi connectivity index (χ0v) is 12.9.